The van der Waals surface area contributed by atoms with E-state index in [0.29, 0.717) is 80.7 Å². The minimum absolute atomic E-state index is 0.164. The van der Waals surface area contributed by atoms with Gasteiger partial charge in [-0.3, -0.25) is 9.69 Å². The van der Waals surface area contributed by atoms with Crippen LogP contribution >= 0.6 is 23.2 Å². The minimum Gasteiger partial charge on any atom is -0.495 e. The summed E-state index contributed by atoms with van der Waals surface area (Å²) < 4.78 is 12.8. The standard InChI is InChI=1S/C37H47Cl2N9O3/c1-37(2,3)14-10-8-7-9-12-24(22-40)35(49)47-18-16-46(17-19-47)15-11-13-29-43-34-26(30-31(38)27(50-5)21-28(51-6)32(30)39)20-25-23-42-36(41-4)44-33(25)48(34)45-29/h12,20-21,23H,7-11,13-19H2,1-6H3,(H,41,42,44)/b24-12+. The lowest BCUT2D eigenvalue weighted by Gasteiger charge is -2.34. The van der Waals surface area contributed by atoms with Crippen molar-refractivity contribution in [1.29, 1.82) is 5.26 Å². The number of nitrogens with zero attached hydrogens (tertiary/aromatic N) is 8. The van der Waals surface area contributed by atoms with Gasteiger partial charge in [0.05, 0.1) is 24.3 Å². The number of rotatable bonds is 14. The number of aryl methyl sites for hydroxylation is 1. The molecular formula is C37H47Cl2N9O3. The minimum atomic E-state index is -0.164. The van der Waals surface area contributed by atoms with Crippen molar-refractivity contribution in [3.05, 3.63) is 45.8 Å². The van der Waals surface area contributed by atoms with Crippen LogP contribution in [0.5, 0.6) is 11.5 Å². The van der Waals surface area contributed by atoms with Crippen LogP contribution in [0.3, 0.4) is 0 Å². The van der Waals surface area contributed by atoms with Gasteiger partial charge in [0.1, 0.15) is 23.1 Å². The number of methoxy groups -OCH3 is 2. The maximum atomic E-state index is 13.1. The summed E-state index contributed by atoms with van der Waals surface area (Å²) in [5.41, 5.74) is 2.86. The molecule has 0 saturated carbocycles. The molecular weight excluding hydrogens is 689 g/mol. The Balaban J connectivity index is 1.26. The van der Waals surface area contributed by atoms with Crippen molar-refractivity contribution in [1.82, 2.24) is 34.4 Å². The Bertz CT molecular complexity index is 1910. The average molecular weight is 737 g/mol. The SMILES string of the molecule is CNc1ncc2cc(-c3c(Cl)c(OC)cc(OC)c3Cl)c3nc(CCCN4CCN(C(=O)/C(C#N)=C/CCCCCC(C)(C)C)CC4)nn3c2n1. The number of hydrogen-bond acceptors (Lipinski definition) is 10. The second-order valence-corrected chi connectivity index (χ2v) is 14.7. The lowest BCUT2D eigenvalue weighted by molar-refractivity contribution is -0.128. The molecule has 0 unspecified atom stereocenters. The van der Waals surface area contributed by atoms with E-state index in [9.17, 15) is 10.1 Å². The molecule has 0 spiro atoms. The molecule has 0 radical (unpaired) electrons. The lowest BCUT2D eigenvalue weighted by atomic mass is 9.89. The number of amides is 1. The number of allylic oxidation sites excluding steroid dienone is 1. The number of anilines is 1. The second kappa shape index (κ2) is 16.9. The zero-order valence-electron chi connectivity index (χ0n) is 30.4. The number of carbonyl (C=O) groups excluding carboxylic acids is 1. The largest absolute Gasteiger partial charge is 0.495 e. The highest BCUT2D eigenvalue weighted by Gasteiger charge is 2.25. The van der Waals surface area contributed by atoms with Crippen LogP contribution in [0.15, 0.2) is 30.0 Å². The fraction of sp³-hybridized carbons (Fsp3) is 0.514. The van der Waals surface area contributed by atoms with Gasteiger partial charge in [0.25, 0.3) is 5.91 Å². The van der Waals surface area contributed by atoms with E-state index >= 15 is 0 Å². The number of nitriles is 1. The maximum Gasteiger partial charge on any atom is 0.264 e. The van der Waals surface area contributed by atoms with Gasteiger partial charge in [-0.2, -0.15) is 14.8 Å². The number of hydrogen-bond donors (Lipinski definition) is 1. The number of benzene rings is 1. The fourth-order valence-electron chi connectivity index (χ4n) is 6.29. The Morgan fingerprint density at radius 3 is 2.33 bits per heavy atom. The van der Waals surface area contributed by atoms with Crippen molar-refractivity contribution in [2.75, 3.05) is 59.3 Å². The maximum absolute atomic E-state index is 13.1. The van der Waals surface area contributed by atoms with Gasteiger partial charge in [0.15, 0.2) is 17.1 Å². The Hall–Kier alpha value is -4.18. The summed E-state index contributed by atoms with van der Waals surface area (Å²) in [5, 5.41) is 18.9. The molecule has 0 atom stereocenters. The monoisotopic (exact) mass is 735 g/mol. The topological polar surface area (TPSA) is 134 Å². The van der Waals surface area contributed by atoms with E-state index in [1.54, 1.807) is 28.7 Å². The number of aromatic nitrogens is 5. The highest BCUT2D eigenvalue weighted by Crippen LogP contribution is 2.47. The van der Waals surface area contributed by atoms with Crippen molar-refractivity contribution in [3.63, 3.8) is 0 Å². The number of fused-ring (bicyclic) bond motifs is 3. The molecule has 5 rings (SSSR count). The summed E-state index contributed by atoms with van der Waals surface area (Å²) in [5.74, 6) is 1.76. The van der Waals surface area contributed by atoms with E-state index in [2.05, 4.69) is 47.0 Å². The van der Waals surface area contributed by atoms with E-state index in [4.69, 9.17) is 42.8 Å². The van der Waals surface area contributed by atoms with Gasteiger partial charge in [-0.25, -0.2) is 9.97 Å². The Labute approximate surface area is 309 Å². The van der Waals surface area contributed by atoms with Gasteiger partial charge < -0.3 is 19.7 Å². The summed E-state index contributed by atoms with van der Waals surface area (Å²) in [6.45, 7) is 10.2. The number of piperazine rings is 1. The van der Waals surface area contributed by atoms with Crippen molar-refractivity contribution >= 4 is 51.7 Å². The van der Waals surface area contributed by atoms with Crippen LogP contribution in [0.4, 0.5) is 5.95 Å². The number of ether oxygens (including phenoxy) is 2. The number of halogens is 2. The predicted molar refractivity (Wildman–Crippen MR) is 202 cm³/mol. The summed E-state index contributed by atoms with van der Waals surface area (Å²) in [4.78, 5) is 31.3. The van der Waals surface area contributed by atoms with Crippen molar-refractivity contribution in [3.8, 4) is 28.7 Å². The highest BCUT2D eigenvalue weighted by atomic mass is 35.5. The van der Waals surface area contributed by atoms with Gasteiger partial charge in [0, 0.05) is 68.4 Å². The van der Waals surface area contributed by atoms with Crippen molar-refractivity contribution < 1.29 is 14.3 Å². The molecule has 1 aliphatic rings. The number of pyridine rings is 1. The first-order chi connectivity index (χ1) is 24.5. The van der Waals surface area contributed by atoms with E-state index in [1.165, 1.54) is 20.6 Å². The molecule has 272 valence electrons. The van der Waals surface area contributed by atoms with Crippen molar-refractivity contribution in [2.24, 2.45) is 5.41 Å². The third-order valence-corrected chi connectivity index (χ3v) is 9.87. The van der Waals surface area contributed by atoms with E-state index in [-0.39, 0.29) is 11.5 Å². The fourth-order valence-corrected chi connectivity index (χ4v) is 7.00. The normalized spacial score (nSPS) is 14.3. The average Bonchev–Trinajstić information content (AvgIpc) is 3.55. The van der Waals surface area contributed by atoms with Gasteiger partial charge in [-0.15, -0.1) is 5.10 Å². The quantitative estimate of drug-likeness (QED) is 0.0803. The Kier molecular flexibility index (Phi) is 12.6. The van der Waals surface area contributed by atoms with Gasteiger partial charge in [0.2, 0.25) is 5.95 Å². The molecule has 1 N–H and O–H groups in total. The summed E-state index contributed by atoms with van der Waals surface area (Å²) in [7, 11) is 4.83. The molecule has 1 amide bonds. The molecule has 51 heavy (non-hydrogen) atoms. The van der Waals surface area contributed by atoms with Crippen LogP contribution < -0.4 is 14.8 Å². The molecule has 1 fully saturated rings. The Morgan fingerprint density at radius 1 is 1.00 bits per heavy atom. The van der Waals surface area contributed by atoms with E-state index in [1.807, 2.05) is 12.1 Å². The van der Waals surface area contributed by atoms with Gasteiger partial charge in [-0.1, -0.05) is 62.9 Å². The first kappa shape index (κ1) is 38.1. The lowest BCUT2D eigenvalue weighted by Crippen LogP contribution is -2.49. The first-order valence-electron chi connectivity index (χ1n) is 17.4. The van der Waals surface area contributed by atoms with Crippen LogP contribution in [0.1, 0.15) is 65.1 Å². The highest BCUT2D eigenvalue weighted by molar-refractivity contribution is 6.41. The predicted octanol–water partition coefficient (Wildman–Crippen LogP) is 7.23. The van der Waals surface area contributed by atoms with Crippen LogP contribution in [0.2, 0.25) is 10.0 Å². The van der Waals surface area contributed by atoms with E-state index < -0.39 is 0 Å². The molecule has 4 aromatic rings. The number of unbranched alkanes of at least 4 members (excludes halogenated alkanes) is 3. The molecule has 1 aliphatic heterocycles. The number of nitrogens with one attached hydrogen (secondary N) is 1. The molecule has 14 heteroatoms. The summed E-state index contributed by atoms with van der Waals surface area (Å²) in [6, 6.07) is 5.69. The number of carbonyl (C=O) groups is 1. The van der Waals surface area contributed by atoms with Crippen LogP contribution in [-0.4, -0.2) is 94.3 Å². The molecule has 0 aliphatic carbocycles. The molecule has 12 nitrogen and oxygen atoms in total. The van der Waals surface area contributed by atoms with E-state index in [0.717, 1.165) is 57.1 Å². The van der Waals surface area contributed by atoms with Gasteiger partial charge >= 0.3 is 0 Å². The van der Waals surface area contributed by atoms with Crippen LogP contribution in [-0.2, 0) is 11.2 Å². The third kappa shape index (κ3) is 9.01. The molecule has 4 heterocycles. The molecule has 1 saturated heterocycles. The van der Waals surface area contributed by atoms with Crippen LogP contribution in [0, 0.1) is 16.7 Å². The van der Waals surface area contributed by atoms with Crippen LogP contribution in [0.25, 0.3) is 27.8 Å². The Morgan fingerprint density at radius 2 is 1.71 bits per heavy atom. The third-order valence-electron chi connectivity index (χ3n) is 9.12. The smallest absolute Gasteiger partial charge is 0.264 e. The second-order valence-electron chi connectivity index (χ2n) is 14.0. The molecule has 1 aromatic carbocycles. The molecule has 3 aromatic heterocycles. The zero-order valence-corrected chi connectivity index (χ0v) is 31.9. The molecule has 0 bridgehead atoms. The van der Waals surface area contributed by atoms with Gasteiger partial charge in [-0.05, 0) is 43.7 Å². The summed E-state index contributed by atoms with van der Waals surface area (Å²) >= 11 is 13.7. The van der Waals surface area contributed by atoms with Crippen molar-refractivity contribution in [2.45, 2.75) is 65.7 Å². The zero-order chi connectivity index (χ0) is 36.7. The summed E-state index contributed by atoms with van der Waals surface area (Å²) in [6.07, 6.45) is 10.1. The first-order valence-corrected chi connectivity index (χ1v) is 18.2.